The number of hydrogen-bond donors (Lipinski definition) is 1. The number of nitrogens with zero attached hydrogens (tertiary/aromatic N) is 1. The van der Waals surface area contributed by atoms with E-state index >= 15 is 0 Å². The van der Waals surface area contributed by atoms with Crippen LogP contribution in [0, 0.1) is 13.8 Å². The van der Waals surface area contributed by atoms with Gasteiger partial charge in [0, 0.05) is 28.7 Å². The molecule has 0 aliphatic rings. The van der Waals surface area contributed by atoms with E-state index in [9.17, 15) is 13.2 Å². The minimum absolute atomic E-state index is 0.00393. The Labute approximate surface area is 198 Å². The number of halogens is 1. The van der Waals surface area contributed by atoms with E-state index in [2.05, 4.69) is 5.32 Å². The lowest BCUT2D eigenvalue weighted by Gasteiger charge is -2.09. The molecule has 3 aromatic carbocycles. The van der Waals surface area contributed by atoms with Crippen LogP contribution in [0.4, 0.5) is 0 Å². The summed E-state index contributed by atoms with van der Waals surface area (Å²) in [5.74, 6) is -0.318. The number of nitrogens with one attached hydrogen (secondary N) is 1. The van der Waals surface area contributed by atoms with Crippen molar-refractivity contribution in [1.29, 1.82) is 0 Å². The zero-order valence-electron chi connectivity index (χ0n) is 18.5. The lowest BCUT2D eigenvalue weighted by atomic mass is 10.1. The van der Waals surface area contributed by atoms with Crippen LogP contribution >= 0.6 is 11.6 Å². The van der Waals surface area contributed by atoms with Crippen molar-refractivity contribution in [2.24, 2.45) is 0 Å². The first-order valence-corrected chi connectivity index (χ1v) is 12.6. The Kier molecular flexibility index (Phi) is 6.58. The molecule has 0 aliphatic carbocycles. The minimum Gasteiger partial charge on any atom is -0.350 e. The Morgan fingerprint density at radius 3 is 2.48 bits per heavy atom. The third kappa shape index (κ3) is 5.13. The van der Waals surface area contributed by atoms with Crippen LogP contribution in [0.3, 0.4) is 0 Å². The van der Waals surface area contributed by atoms with Gasteiger partial charge in [0.15, 0.2) is 9.84 Å². The van der Waals surface area contributed by atoms with E-state index in [0.717, 1.165) is 22.3 Å². The molecule has 1 aromatic heterocycles. The summed E-state index contributed by atoms with van der Waals surface area (Å²) < 4.78 is 28.5. The van der Waals surface area contributed by atoms with Gasteiger partial charge in [0.25, 0.3) is 0 Å². The van der Waals surface area contributed by atoms with Gasteiger partial charge in [0.05, 0.1) is 10.6 Å². The van der Waals surface area contributed by atoms with Crippen LogP contribution in [0.2, 0.25) is 5.02 Å². The van der Waals surface area contributed by atoms with E-state index in [1.807, 2.05) is 62.4 Å². The fraction of sp³-hybridized carbons (Fsp3) is 0.192. The maximum absolute atomic E-state index is 13.4. The van der Waals surface area contributed by atoms with E-state index < -0.39 is 9.84 Å². The highest BCUT2D eigenvalue weighted by Crippen LogP contribution is 2.29. The molecule has 4 aromatic rings. The SMILES string of the molecule is Cc1ccc(C)c(CS(=O)(=O)c2cn(CC(=O)NCc3ccccc3Cl)c3ccccc23)c1. The molecule has 0 bridgehead atoms. The van der Waals surface area contributed by atoms with E-state index in [-0.39, 0.29) is 23.1 Å². The first-order chi connectivity index (χ1) is 15.7. The number of para-hydroxylation sites is 1. The largest absolute Gasteiger partial charge is 0.350 e. The lowest BCUT2D eigenvalue weighted by molar-refractivity contribution is -0.121. The summed E-state index contributed by atoms with van der Waals surface area (Å²) in [6.07, 6.45) is 1.57. The smallest absolute Gasteiger partial charge is 0.240 e. The van der Waals surface area contributed by atoms with Crippen molar-refractivity contribution in [3.05, 3.63) is 100 Å². The summed E-state index contributed by atoms with van der Waals surface area (Å²) in [4.78, 5) is 12.9. The van der Waals surface area contributed by atoms with Crippen LogP contribution in [0.1, 0.15) is 22.3 Å². The molecule has 5 nitrogen and oxygen atoms in total. The van der Waals surface area contributed by atoms with Crippen LogP contribution in [0.25, 0.3) is 10.9 Å². The molecule has 1 N–H and O–H groups in total. The summed E-state index contributed by atoms with van der Waals surface area (Å²) in [5, 5.41) is 4.06. The molecule has 1 amide bonds. The van der Waals surface area contributed by atoms with Crippen molar-refractivity contribution >= 4 is 38.2 Å². The van der Waals surface area contributed by atoms with Crippen LogP contribution in [0.15, 0.2) is 77.8 Å². The molecule has 0 saturated carbocycles. The third-order valence-electron chi connectivity index (χ3n) is 5.69. The van der Waals surface area contributed by atoms with Crippen LogP contribution in [-0.2, 0) is 33.5 Å². The zero-order valence-corrected chi connectivity index (χ0v) is 20.1. The van der Waals surface area contributed by atoms with Gasteiger partial charge < -0.3 is 9.88 Å². The number of carbonyl (C=O) groups excluding carboxylic acids is 1. The second-order valence-electron chi connectivity index (χ2n) is 8.20. The van der Waals surface area contributed by atoms with Gasteiger partial charge in [-0.05, 0) is 42.7 Å². The molecule has 7 heteroatoms. The minimum atomic E-state index is -3.63. The molecule has 4 rings (SSSR count). The van der Waals surface area contributed by atoms with Crippen LogP contribution in [-0.4, -0.2) is 18.9 Å². The molecule has 0 atom stereocenters. The van der Waals surface area contributed by atoms with Gasteiger partial charge in [-0.3, -0.25) is 4.79 Å². The summed E-state index contributed by atoms with van der Waals surface area (Å²) in [7, 11) is -3.63. The van der Waals surface area contributed by atoms with Gasteiger partial charge >= 0.3 is 0 Å². The van der Waals surface area contributed by atoms with Gasteiger partial charge in [0.2, 0.25) is 5.91 Å². The van der Waals surface area contributed by atoms with Crippen molar-refractivity contribution in [3.63, 3.8) is 0 Å². The molecule has 0 saturated heterocycles. The number of sulfone groups is 1. The average Bonchev–Trinajstić information content (AvgIpc) is 3.15. The quantitative estimate of drug-likeness (QED) is 0.395. The number of aromatic nitrogens is 1. The molecule has 0 unspecified atom stereocenters. The van der Waals surface area contributed by atoms with Crippen molar-refractivity contribution in [2.45, 2.75) is 37.6 Å². The third-order valence-corrected chi connectivity index (χ3v) is 7.74. The van der Waals surface area contributed by atoms with Gasteiger partial charge in [-0.25, -0.2) is 8.42 Å². The molecular weight excluding hydrogens is 456 g/mol. The maximum Gasteiger partial charge on any atom is 0.240 e. The number of fused-ring (bicyclic) bond motifs is 1. The Bertz CT molecular complexity index is 1440. The number of aryl methyl sites for hydroxylation is 2. The normalized spacial score (nSPS) is 11.6. The Balaban J connectivity index is 1.60. The molecule has 33 heavy (non-hydrogen) atoms. The van der Waals surface area contributed by atoms with Crippen molar-refractivity contribution in [3.8, 4) is 0 Å². The van der Waals surface area contributed by atoms with Gasteiger partial charge in [-0.2, -0.15) is 0 Å². The Morgan fingerprint density at radius 1 is 0.970 bits per heavy atom. The molecule has 0 radical (unpaired) electrons. The highest BCUT2D eigenvalue weighted by molar-refractivity contribution is 7.90. The molecule has 0 fully saturated rings. The van der Waals surface area contributed by atoms with E-state index in [1.165, 1.54) is 0 Å². The molecule has 1 heterocycles. The average molecular weight is 481 g/mol. The van der Waals surface area contributed by atoms with E-state index in [1.54, 1.807) is 29.0 Å². The number of hydrogen-bond acceptors (Lipinski definition) is 3. The monoisotopic (exact) mass is 480 g/mol. The lowest BCUT2D eigenvalue weighted by Crippen LogP contribution is -2.27. The Hall–Kier alpha value is -3.09. The van der Waals surface area contributed by atoms with Gasteiger partial charge in [-0.15, -0.1) is 0 Å². The van der Waals surface area contributed by atoms with Crippen LogP contribution in [0.5, 0.6) is 0 Å². The summed E-state index contributed by atoms with van der Waals surface area (Å²) in [6, 6.07) is 20.4. The fourth-order valence-corrected chi connectivity index (χ4v) is 5.75. The van der Waals surface area contributed by atoms with Crippen molar-refractivity contribution in [1.82, 2.24) is 9.88 Å². The molecule has 0 spiro atoms. The first kappa shape index (κ1) is 23.1. The zero-order chi connectivity index (χ0) is 23.6. The summed E-state index contributed by atoms with van der Waals surface area (Å²) in [6.45, 7) is 4.17. The van der Waals surface area contributed by atoms with Gasteiger partial charge in [-0.1, -0.05) is 71.8 Å². The summed E-state index contributed by atoms with van der Waals surface area (Å²) in [5.41, 5.74) is 4.26. The highest BCUT2D eigenvalue weighted by atomic mass is 35.5. The van der Waals surface area contributed by atoms with Crippen LogP contribution < -0.4 is 5.32 Å². The molecular formula is C26H25ClN2O3S. The maximum atomic E-state index is 13.4. The topological polar surface area (TPSA) is 68.2 Å². The second-order valence-corrected chi connectivity index (χ2v) is 10.6. The summed E-state index contributed by atoms with van der Waals surface area (Å²) >= 11 is 6.16. The number of rotatable bonds is 7. The van der Waals surface area contributed by atoms with E-state index in [4.69, 9.17) is 11.6 Å². The predicted octanol–water partition coefficient (Wildman–Crippen LogP) is 5.20. The fourth-order valence-electron chi connectivity index (χ4n) is 3.88. The van der Waals surface area contributed by atoms with E-state index in [0.29, 0.717) is 22.5 Å². The van der Waals surface area contributed by atoms with Crippen molar-refractivity contribution < 1.29 is 13.2 Å². The molecule has 0 aliphatic heterocycles. The molecule has 170 valence electrons. The first-order valence-electron chi connectivity index (χ1n) is 10.6. The number of benzene rings is 3. The predicted molar refractivity (Wildman–Crippen MR) is 132 cm³/mol. The second kappa shape index (κ2) is 9.41. The number of carbonyl (C=O) groups is 1. The van der Waals surface area contributed by atoms with Gasteiger partial charge in [0.1, 0.15) is 6.54 Å². The van der Waals surface area contributed by atoms with Crippen molar-refractivity contribution in [2.75, 3.05) is 0 Å². The highest BCUT2D eigenvalue weighted by Gasteiger charge is 2.23. The number of amides is 1. The Morgan fingerprint density at radius 2 is 1.70 bits per heavy atom. The standard InChI is InChI=1S/C26H25ClN2O3S/c1-18-11-12-19(2)21(13-18)17-33(31,32)25-15-29(24-10-6-4-8-22(24)25)16-26(30)28-14-20-7-3-5-9-23(20)27/h3-13,15H,14,16-17H2,1-2H3,(H,28,30).